The van der Waals surface area contributed by atoms with Crippen molar-refractivity contribution in [3.63, 3.8) is 0 Å². The molecule has 1 unspecified atom stereocenters. The predicted octanol–water partition coefficient (Wildman–Crippen LogP) is 3.00. The van der Waals surface area contributed by atoms with Crippen LogP contribution in [0.2, 0.25) is 0 Å². The molecule has 2 aromatic rings. The number of ketones is 1. The van der Waals surface area contributed by atoms with Crippen molar-refractivity contribution in [2.24, 2.45) is 0 Å². The number of rotatable bonds is 12. The molecular weight excluding hydrogens is 594 g/mol. The van der Waals surface area contributed by atoms with Gasteiger partial charge >= 0.3 is 21.1 Å². The van der Waals surface area contributed by atoms with Gasteiger partial charge in [0.1, 0.15) is 21.1 Å². The zero-order valence-electron chi connectivity index (χ0n) is 16.7. The molecule has 162 valence electrons. The molecule has 3 heterocycles. The van der Waals surface area contributed by atoms with Crippen LogP contribution in [0.4, 0.5) is 5.13 Å². The maximum atomic E-state index is 12.0. The maximum Gasteiger partial charge on any atom is 2.00 e. The number of aryl methyl sites for hydroxylation is 2. The molecule has 0 bridgehead atoms. The van der Waals surface area contributed by atoms with Crippen LogP contribution >= 0.6 is 22.7 Å². The SMILES string of the molecule is [CH2-]CC[CH-]C(=O)Cc1nnc(CCCCc2nnc(NC(=O)C3CCCO3)s2)s1.[W+2]. The van der Waals surface area contributed by atoms with Gasteiger partial charge in [-0.05, 0) is 25.7 Å². The van der Waals surface area contributed by atoms with Gasteiger partial charge in [-0.25, -0.2) is 6.42 Å². The Bertz CT molecular complexity index is 808. The van der Waals surface area contributed by atoms with Crippen molar-refractivity contribution in [1.29, 1.82) is 0 Å². The van der Waals surface area contributed by atoms with Crippen molar-refractivity contribution >= 4 is 39.5 Å². The third kappa shape index (κ3) is 8.13. The molecular formula is C19H25N5O3S2W. The number of anilines is 1. The third-order valence-corrected chi connectivity index (χ3v) is 6.24. The Morgan fingerprint density at radius 1 is 1.10 bits per heavy atom. The molecule has 1 atom stereocenters. The van der Waals surface area contributed by atoms with Crippen LogP contribution in [0.5, 0.6) is 0 Å². The van der Waals surface area contributed by atoms with Gasteiger partial charge in [-0.15, -0.1) is 31.7 Å². The van der Waals surface area contributed by atoms with Gasteiger partial charge in [0, 0.05) is 31.7 Å². The Kier molecular flexibility index (Phi) is 11.1. The molecule has 30 heavy (non-hydrogen) atoms. The van der Waals surface area contributed by atoms with Crippen LogP contribution in [-0.2, 0) is 54.7 Å². The van der Waals surface area contributed by atoms with Crippen LogP contribution < -0.4 is 5.32 Å². The van der Waals surface area contributed by atoms with Gasteiger partial charge < -0.3 is 22.9 Å². The van der Waals surface area contributed by atoms with Crippen LogP contribution in [0.25, 0.3) is 0 Å². The van der Waals surface area contributed by atoms with E-state index in [1.165, 1.54) is 22.7 Å². The number of carbonyl (C=O) groups is 2. The molecule has 0 aromatic carbocycles. The average Bonchev–Trinajstić information content (AvgIpc) is 3.46. The van der Waals surface area contributed by atoms with Crippen molar-refractivity contribution < 1.29 is 35.4 Å². The fraction of sp³-hybridized carbons (Fsp3) is 0.579. The Labute approximate surface area is 198 Å². The zero-order valence-corrected chi connectivity index (χ0v) is 21.2. The number of hydrogen-bond acceptors (Lipinski definition) is 9. The monoisotopic (exact) mass is 619 g/mol. The van der Waals surface area contributed by atoms with Crippen molar-refractivity contribution in [1.82, 2.24) is 20.4 Å². The van der Waals surface area contributed by atoms with Gasteiger partial charge in [0.05, 0.1) is 0 Å². The summed E-state index contributed by atoms with van der Waals surface area (Å²) >= 11 is 2.90. The van der Waals surface area contributed by atoms with Gasteiger partial charge in [0.25, 0.3) is 5.91 Å². The summed E-state index contributed by atoms with van der Waals surface area (Å²) in [6.45, 7) is 4.36. The molecule has 1 aliphatic rings. The number of amides is 1. The molecule has 1 fully saturated rings. The second-order valence-corrected chi connectivity index (χ2v) is 8.99. The van der Waals surface area contributed by atoms with E-state index in [1.807, 2.05) is 0 Å². The van der Waals surface area contributed by atoms with E-state index in [-0.39, 0.29) is 38.9 Å². The van der Waals surface area contributed by atoms with Crippen LogP contribution in [0, 0.1) is 13.3 Å². The summed E-state index contributed by atoms with van der Waals surface area (Å²) in [5.41, 5.74) is 0. The quantitative estimate of drug-likeness (QED) is 0.288. The van der Waals surface area contributed by atoms with Crippen molar-refractivity contribution in [2.75, 3.05) is 11.9 Å². The fourth-order valence-electron chi connectivity index (χ4n) is 2.87. The predicted molar refractivity (Wildman–Crippen MR) is 112 cm³/mol. The third-order valence-electron chi connectivity index (χ3n) is 4.36. The molecule has 3 rings (SSSR count). The summed E-state index contributed by atoms with van der Waals surface area (Å²) in [4.78, 5) is 23.8. The zero-order chi connectivity index (χ0) is 20.5. The minimum Gasteiger partial charge on any atom is -0.368 e. The molecule has 0 saturated carbocycles. The first-order chi connectivity index (χ1) is 14.1. The van der Waals surface area contributed by atoms with E-state index in [2.05, 4.69) is 32.6 Å². The normalized spacial score (nSPS) is 15.6. The molecule has 1 N–H and O–H groups in total. The summed E-state index contributed by atoms with van der Waals surface area (Å²) in [6, 6.07) is 0. The van der Waals surface area contributed by atoms with E-state index in [0.717, 1.165) is 60.0 Å². The Balaban J connectivity index is 0.00000320. The van der Waals surface area contributed by atoms with E-state index in [0.29, 0.717) is 24.6 Å². The molecule has 1 aliphatic heterocycles. The smallest absolute Gasteiger partial charge is 0.368 e. The summed E-state index contributed by atoms with van der Waals surface area (Å²) in [6.07, 6.45) is 8.27. The molecule has 1 amide bonds. The minimum atomic E-state index is -0.365. The maximum absolute atomic E-state index is 12.0. The molecule has 11 heteroatoms. The topological polar surface area (TPSA) is 107 Å². The molecule has 2 aromatic heterocycles. The van der Waals surface area contributed by atoms with E-state index >= 15 is 0 Å². The Morgan fingerprint density at radius 3 is 2.50 bits per heavy atom. The average molecular weight is 619 g/mol. The fourth-order valence-corrected chi connectivity index (χ4v) is 4.55. The minimum absolute atomic E-state index is 0. The van der Waals surface area contributed by atoms with E-state index in [9.17, 15) is 9.59 Å². The number of unbranched alkanes of at least 4 members (excludes halogenated alkanes) is 2. The van der Waals surface area contributed by atoms with Gasteiger partial charge in [0.2, 0.25) is 5.13 Å². The van der Waals surface area contributed by atoms with Gasteiger partial charge in [-0.1, -0.05) is 11.3 Å². The first kappa shape index (κ1) is 25.0. The van der Waals surface area contributed by atoms with Gasteiger partial charge in [0.15, 0.2) is 0 Å². The molecule has 1 saturated heterocycles. The Hall–Kier alpha value is -1.22. The molecule has 0 radical (unpaired) electrons. The molecule has 0 aliphatic carbocycles. The van der Waals surface area contributed by atoms with Crippen LogP contribution in [0.3, 0.4) is 0 Å². The van der Waals surface area contributed by atoms with Gasteiger partial charge in [-0.2, -0.15) is 6.42 Å². The largest absolute Gasteiger partial charge is 2.00 e. The summed E-state index contributed by atoms with van der Waals surface area (Å²) < 4.78 is 5.37. The van der Waals surface area contributed by atoms with Crippen molar-refractivity contribution in [3.05, 3.63) is 28.4 Å². The number of nitrogens with one attached hydrogen (secondary N) is 1. The summed E-state index contributed by atoms with van der Waals surface area (Å²) in [7, 11) is 0. The number of nitrogens with zero attached hydrogens (tertiary/aromatic N) is 4. The van der Waals surface area contributed by atoms with Gasteiger partial charge in [-0.3, -0.25) is 10.1 Å². The Morgan fingerprint density at radius 2 is 1.80 bits per heavy atom. The number of carbonyl (C=O) groups excluding carboxylic acids is 2. The van der Waals surface area contributed by atoms with Crippen molar-refractivity contribution in [3.8, 4) is 0 Å². The van der Waals surface area contributed by atoms with E-state index < -0.39 is 0 Å². The number of hydrogen-bond donors (Lipinski definition) is 1. The number of ether oxygens (including phenoxy) is 1. The first-order valence-corrected chi connectivity index (χ1v) is 11.5. The van der Waals surface area contributed by atoms with Crippen LogP contribution in [0.1, 0.15) is 53.5 Å². The second-order valence-electron chi connectivity index (χ2n) is 6.78. The summed E-state index contributed by atoms with van der Waals surface area (Å²) in [5.74, 6) is -0.0604. The second kappa shape index (κ2) is 13.2. The van der Waals surface area contributed by atoms with Crippen LogP contribution in [0.15, 0.2) is 0 Å². The number of Topliss-reactive ketones (excluding diaryl/α,β-unsaturated/α-hetero) is 1. The number of aromatic nitrogens is 4. The standard InChI is InChI=1S/C19H25N5O3S2.W/c1-2-3-7-13(25)12-17-23-21-15(28-17)9-4-5-10-16-22-24-19(29-16)20-18(26)14-8-6-11-27-14;/h7,14H,1-6,8-12H2,(H,20,24,26);/q-2;+2. The van der Waals surface area contributed by atoms with E-state index in [1.54, 1.807) is 6.42 Å². The molecule has 0 spiro atoms. The van der Waals surface area contributed by atoms with Crippen LogP contribution in [-0.4, -0.2) is 44.8 Å². The summed E-state index contributed by atoms with van der Waals surface area (Å²) in [5, 5.41) is 22.4. The first-order valence-electron chi connectivity index (χ1n) is 9.85. The van der Waals surface area contributed by atoms with Crippen molar-refractivity contribution in [2.45, 2.75) is 63.9 Å². The molecule has 8 nitrogen and oxygen atoms in total. The van der Waals surface area contributed by atoms with E-state index in [4.69, 9.17) is 4.74 Å².